The van der Waals surface area contributed by atoms with E-state index in [1.165, 1.54) is 12.8 Å². The van der Waals surface area contributed by atoms with Crippen molar-refractivity contribution in [1.82, 2.24) is 20.2 Å². The molecule has 3 aliphatic rings. The first-order chi connectivity index (χ1) is 12.8. The molecule has 26 heavy (non-hydrogen) atoms. The number of nitrogens with one attached hydrogen (secondary N) is 1. The minimum absolute atomic E-state index is 0.0148. The lowest BCUT2D eigenvalue weighted by Gasteiger charge is -2.34. The fourth-order valence-electron chi connectivity index (χ4n) is 3.73. The molecular formula is C18H27N5O3. The van der Waals surface area contributed by atoms with Crippen LogP contribution in [0.15, 0.2) is 12.3 Å². The summed E-state index contributed by atoms with van der Waals surface area (Å²) in [6, 6.07) is 2.08. The molecule has 142 valence electrons. The summed E-state index contributed by atoms with van der Waals surface area (Å²) in [5, 5.41) is 3.13. The summed E-state index contributed by atoms with van der Waals surface area (Å²) in [7, 11) is 0. The molecule has 0 radical (unpaired) electrons. The Morgan fingerprint density at radius 3 is 2.77 bits per heavy atom. The van der Waals surface area contributed by atoms with Gasteiger partial charge < -0.3 is 24.6 Å². The molecule has 1 aromatic heterocycles. The Morgan fingerprint density at radius 2 is 1.96 bits per heavy atom. The number of ether oxygens (including phenoxy) is 2. The van der Waals surface area contributed by atoms with Crippen LogP contribution in [0.2, 0.25) is 0 Å². The van der Waals surface area contributed by atoms with Gasteiger partial charge in [-0.25, -0.2) is 14.8 Å². The monoisotopic (exact) mass is 361 g/mol. The molecule has 1 atom stereocenters. The topological polar surface area (TPSA) is 79.8 Å². The number of aromatic nitrogens is 2. The Hall–Kier alpha value is -1.93. The number of urea groups is 1. The second-order valence-corrected chi connectivity index (χ2v) is 7.12. The highest BCUT2D eigenvalue weighted by atomic mass is 16.5. The fraction of sp³-hybridized carbons (Fsp3) is 0.722. The van der Waals surface area contributed by atoms with Gasteiger partial charge in [-0.2, -0.15) is 0 Å². The summed E-state index contributed by atoms with van der Waals surface area (Å²) < 4.78 is 11.3. The number of anilines is 1. The van der Waals surface area contributed by atoms with E-state index in [-0.39, 0.29) is 18.2 Å². The van der Waals surface area contributed by atoms with Crippen LogP contribution in [0.4, 0.5) is 10.7 Å². The first kappa shape index (κ1) is 17.5. The predicted molar refractivity (Wildman–Crippen MR) is 96.1 cm³/mol. The molecule has 3 aliphatic heterocycles. The van der Waals surface area contributed by atoms with E-state index in [4.69, 9.17) is 14.5 Å². The Kier molecular flexibility index (Phi) is 5.50. The molecule has 0 aromatic carbocycles. The normalized spacial score (nSPS) is 24.7. The molecule has 1 N–H and O–H groups in total. The van der Waals surface area contributed by atoms with Crippen LogP contribution < -0.4 is 10.2 Å². The van der Waals surface area contributed by atoms with Crippen molar-refractivity contribution in [1.29, 1.82) is 0 Å². The van der Waals surface area contributed by atoms with Gasteiger partial charge in [0.1, 0.15) is 6.10 Å². The summed E-state index contributed by atoms with van der Waals surface area (Å²) in [4.78, 5) is 25.7. The third-order valence-corrected chi connectivity index (χ3v) is 5.29. The Morgan fingerprint density at radius 1 is 1.15 bits per heavy atom. The Bertz CT molecular complexity index is 617. The number of carbonyl (C=O) groups excluding carboxylic acids is 1. The second-order valence-electron chi connectivity index (χ2n) is 7.12. The molecule has 3 saturated heterocycles. The maximum Gasteiger partial charge on any atom is 0.317 e. The standard InChI is InChI=1S/C18H27N5O3/c24-18(20-14-4-10-25-11-5-14)23-9-12-26-16(13-23)15-3-6-19-17(21-15)22-7-1-2-8-22/h3,6,14,16H,1-2,4-5,7-13H2,(H,20,24)/t16-/m1/s1. The minimum Gasteiger partial charge on any atom is -0.381 e. The summed E-state index contributed by atoms with van der Waals surface area (Å²) >= 11 is 0. The molecular weight excluding hydrogens is 334 g/mol. The highest BCUT2D eigenvalue weighted by molar-refractivity contribution is 5.74. The molecule has 0 aliphatic carbocycles. The van der Waals surface area contributed by atoms with E-state index in [1.54, 1.807) is 6.20 Å². The van der Waals surface area contributed by atoms with Gasteiger partial charge in [-0.15, -0.1) is 0 Å². The number of amides is 2. The fourth-order valence-corrected chi connectivity index (χ4v) is 3.73. The van der Waals surface area contributed by atoms with Gasteiger partial charge in [-0.3, -0.25) is 0 Å². The molecule has 0 bridgehead atoms. The zero-order valence-corrected chi connectivity index (χ0v) is 15.1. The molecule has 0 spiro atoms. The summed E-state index contributed by atoms with van der Waals surface area (Å²) in [5.41, 5.74) is 0.852. The zero-order valence-electron chi connectivity index (χ0n) is 15.1. The summed E-state index contributed by atoms with van der Waals surface area (Å²) in [6.45, 7) is 5.10. The van der Waals surface area contributed by atoms with Crippen molar-refractivity contribution >= 4 is 12.0 Å². The number of nitrogens with zero attached hydrogens (tertiary/aromatic N) is 4. The van der Waals surface area contributed by atoms with Gasteiger partial charge in [0.15, 0.2) is 0 Å². The molecule has 4 heterocycles. The van der Waals surface area contributed by atoms with E-state index >= 15 is 0 Å². The van der Waals surface area contributed by atoms with E-state index in [1.807, 2.05) is 11.0 Å². The molecule has 2 amide bonds. The van der Waals surface area contributed by atoms with Crippen LogP contribution in [0.3, 0.4) is 0 Å². The van der Waals surface area contributed by atoms with Gasteiger partial charge in [0.25, 0.3) is 0 Å². The second kappa shape index (κ2) is 8.18. The lowest BCUT2D eigenvalue weighted by atomic mass is 10.1. The van der Waals surface area contributed by atoms with Crippen LogP contribution in [0.5, 0.6) is 0 Å². The molecule has 0 unspecified atom stereocenters. The lowest BCUT2D eigenvalue weighted by molar-refractivity contribution is -0.0186. The van der Waals surface area contributed by atoms with Gasteiger partial charge in [0.05, 0.1) is 18.8 Å². The van der Waals surface area contributed by atoms with Crippen molar-refractivity contribution in [2.24, 2.45) is 0 Å². The van der Waals surface area contributed by atoms with Crippen LogP contribution >= 0.6 is 0 Å². The quantitative estimate of drug-likeness (QED) is 0.875. The van der Waals surface area contributed by atoms with E-state index in [0.717, 1.165) is 50.8 Å². The molecule has 0 saturated carbocycles. The maximum absolute atomic E-state index is 12.6. The smallest absolute Gasteiger partial charge is 0.317 e. The van der Waals surface area contributed by atoms with E-state index in [2.05, 4.69) is 15.2 Å². The van der Waals surface area contributed by atoms with Gasteiger partial charge in [-0.05, 0) is 31.7 Å². The SMILES string of the molecule is O=C(NC1CCOCC1)N1CCO[C@@H](c2ccnc(N3CCCC3)n2)C1. The van der Waals surface area contributed by atoms with Gasteiger partial charge in [0.2, 0.25) is 5.95 Å². The molecule has 3 fully saturated rings. The third-order valence-electron chi connectivity index (χ3n) is 5.29. The number of morpholine rings is 1. The Labute approximate surface area is 153 Å². The largest absolute Gasteiger partial charge is 0.381 e. The zero-order chi connectivity index (χ0) is 17.8. The van der Waals surface area contributed by atoms with Crippen LogP contribution in [0, 0.1) is 0 Å². The van der Waals surface area contributed by atoms with Crippen molar-refractivity contribution in [2.45, 2.75) is 37.8 Å². The van der Waals surface area contributed by atoms with E-state index in [0.29, 0.717) is 19.7 Å². The molecule has 1 aromatic rings. The first-order valence-electron chi connectivity index (χ1n) is 9.62. The Balaban J connectivity index is 1.38. The minimum atomic E-state index is -0.200. The van der Waals surface area contributed by atoms with Crippen molar-refractivity contribution in [3.05, 3.63) is 18.0 Å². The maximum atomic E-state index is 12.6. The number of rotatable bonds is 3. The van der Waals surface area contributed by atoms with Crippen LogP contribution in [0.25, 0.3) is 0 Å². The molecule has 8 nitrogen and oxygen atoms in total. The van der Waals surface area contributed by atoms with Crippen molar-refractivity contribution < 1.29 is 14.3 Å². The average Bonchev–Trinajstić information content (AvgIpc) is 3.24. The molecule has 4 rings (SSSR count). The van der Waals surface area contributed by atoms with Crippen LogP contribution in [0.1, 0.15) is 37.5 Å². The van der Waals surface area contributed by atoms with Crippen LogP contribution in [-0.4, -0.2) is 72.9 Å². The number of hydrogen-bond acceptors (Lipinski definition) is 6. The summed E-state index contributed by atoms with van der Waals surface area (Å²) in [5.74, 6) is 0.771. The van der Waals surface area contributed by atoms with Crippen LogP contribution in [-0.2, 0) is 9.47 Å². The highest BCUT2D eigenvalue weighted by Crippen LogP contribution is 2.23. The number of hydrogen-bond donors (Lipinski definition) is 1. The van der Waals surface area contributed by atoms with E-state index in [9.17, 15) is 4.79 Å². The predicted octanol–water partition coefficient (Wildman–Crippen LogP) is 1.34. The van der Waals surface area contributed by atoms with E-state index < -0.39 is 0 Å². The van der Waals surface area contributed by atoms with Gasteiger partial charge in [-0.1, -0.05) is 0 Å². The summed E-state index contributed by atoms with van der Waals surface area (Å²) in [6.07, 6.45) is 5.73. The van der Waals surface area contributed by atoms with Gasteiger partial charge in [0, 0.05) is 45.1 Å². The average molecular weight is 361 g/mol. The third kappa shape index (κ3) is 4.07. The lowest BCUT2D eigenvalue weighted by Crippen LogP contribution is -2.51. The first-order valence-corrected chi connectivity index (χ1v) is 9.62. The van der Waals surface area contributed by atoms with Crippen molar-refractivity contribution in [3.8, 4) is 0 Å². The molecule has 8 heteroatoms. The van der Waals surface area contributed by atoms with Gasteiger partial charge >= 0.3 is 6.03 Å². The number of carbonyl (C=O) groups is 1. The van der Waals surface area contributed by atoms with Crippen molar-refractivity contribution in [2.75, 3.05) is 50.9 Å². The van der Waals surface area contributed by atoms with Crippen molar-refractivity contribution in [3.63, 3.8) is 0 Å². The highest BCUT2D eigenvalue weighted by Gasteiger charge is 2.28.